The molecule has 1 N–H and O–H groups in total. The standard InChI is InChI=1S/C11H15N3O3/c1-13(10(15)9-2-3-12-8-9)4-5-14-6-7-17-11(14)16/h2-3,8,12H,4-7H2,1H3. The SMILES string of the molecule is CN(CCN1CCOC1=O)C(=O)c1cc[nH]c1. The maximum Gasteiger partial charge on any atom is 0.409 e. The summed E-state index contributed by atoms with van der Waals surface area (Å²) in [5, 5.41) is 0. The van der Waals surface area contributed by atoms with E-state index in [9.17, 15) is 9.59 Å². The average molecular weight is 237 g/mol. The van der Waals surface area contributed by atoms with Gasteiger partial charge in [-0.3, -0.25) is 4.79 Å². The molecule has 0 spiro atoms. The van der Waals surface area contributed by atoms with Gasteiger partial charge in [-0.05, 0) is 6.07 Å². The lowest BCUT2D eigenvalue weighted by Crippen LogP contribution is -2.36. The van der Waals surface area contributed by atoms with Gasteiger partial charge in [-0.15, -0.1) is 0 Å². The lowest BCUT2D eigenvalue weighted by Gasteiger charge is -2.19. The fourth-order valence-corrected chi connectivity index (χ4v) is 1.68. The minimum absolute atomic E-state index is 0.0567. The largest absolute Gasteiger partial charge is 0.448 e. The number of carbonyl (C=O) groups is 2. The first-order valence-electron chi connectivity index (χ1n) is 5.48. The molecule has 1 aliphatic rings. The van der Waals surface area contributed by atoms with Gasteiger partial charge >= 0.3 is 6.09 Å². The molecular formula is C11H15N3O3. The van der Waals surface area contributed by atoms with Crippen LogP contribution in [0.2, 0.25) is 0 Å². The van der Waals surface area contributed by atoms with Crippen molar-refractivity contribution in [3.63, 3.8) is 0 Å². The number of aromatic nitrogens is 1. The third-order valence-electron chi connectivity index (χ3n) is 2.74. The molecule has 0 unspecified atom stereocenters. The Kier molecular flexibility index (Phi) is 3.32. The lowest BCUT2D eigenvalue weighted by atomic mass is 10.3. The van der Waals surface area contributed by atoms with Crippen LogP contribution in [0.25, 0.3) is 0 Å². The molecule has 0 atom stereocenters. The number of cyclic esters (lactones) is 1. The molecule has 0 radical (unpaired) electrons. The summed E-state index contributed by atoms with van der Waals surface area (Å²) in [6, 6.07) is 1.73. The quantitative estimate of drug-likeness (QED) is 0.831. The van der Waals surface area contributed by atoms with Crippen LogP contribution in [0, 0.1) is 0 Å². The third kappa shape index (κ3) is 2.58. The molecule has 1 fully saturated rings. The van der Waals surface area contributed by atoms with Crippen molar-refractivity contribution in [3.8, 4) is 0 Å². The molecule has 0 bridgehead atoms. The highest BCUT2D eigenvalue weighted by molar-refractivity contribution is 5.93. The number of carbonyl (C=O) groups excluding carboxylic acids is 2. The van der Waals surface area contributed by atoms with Crippen LogP contribution in [0.15, 0.2) is 18.5 Å². The second-order valence-electron chi connectivity index (χ2n) is 3.93. The van der Waals surface area contributed by atoms with Gasteiger partial charge < -0.3 is 19.5 Å². The number of H-pyrrole nitrogens is 1. The van der Waals surface area contributed by atoms with Gasteiger partial charge in [-0.1, -0.05) is 0 Å². The van der Waals surface area contributed by atoms with E-state index < -0.39 is 0 Å². The van der Waals surface area contributed by atoms with Gasteiger partial charge in [0.05, 0.1) is 12.1 Å². The van der Waals surface area contributed by atoms with E-state index in [1.54, 1.807) is 35.3 Å². The monoisotopic (exact) mass is 237 g/mol. The number of nitrogens with one attached hydrogen (secondary N) is 1. The molecule has 1 aromatic heterocycles. The predicted octanol–water partition coefficient (Wildman–Crippen LogP) is 0.539. The summed E-state index contributed by atoms with van der Waals surface area (Å²) in [6.45, 7) is 2.05. The van der Waals surface area contributed by atoms with E-state index in [-0.39, 0.29) is 12.0 Å². The van der Waals surface area contributed by atoms with E-state index in [4.69, 9.17) is 4.74 Å². The van der Waals surface area contributed by atoms with Gasteiger partial charge in [-0.25, -0.2) is 4.79 Å². The summed E-state index contributed by atoms with van der Waals surface area (Å²) >= 11 is 0. The van der Waals surface area contributed by atoms with Crippen LogP contribution in [0.5, 0.6) is 0 Å². The van der Waals surface area contributed by atoms with Crippen molar-refractivity contribution in [2.75, 3.05) is 33.3 Å². The minimum atomic E-state index is -0.299. The second-order valence-corrected chi connectivity index (χ2v) is 3.93. The summed E-state index contributed by atoms with van der Waals surface area (Å²) in [4.78, 5) is 29.1. The van der Waals surface area contributed by atoms with Crippen molar-refractivity contribution in [1.82, 2.24) is 14.8 Å². The molecule has 92 valence electrons. The topological polar surface area (TPSA) is 65.6 Å². The van der Waals surface area contributed by atoms with E-state index in [0.717, 1.165) is 0 Å². The van der Waals surface area contributed by atoms with Gasteiger partial charge in [0.2, 0.25) is 0 Å². The van der Waals surface area contributed by atoms with Crippen molar-refractivity contribution >= 4 is 12.0 Å². The predicted molar refractivity (Wildman–Crippen MR) is 60.7 cm³/mol. The normalized spacial score (nSPS) is 14.9. The molecule has 17 heavy (non-hydrogen) atoms. The smallest absolute Gasteiger partial charge is 0.409 e. The highest BCUT2D eigenvalue weighted by atomic mass is 16.6. The van der Waals surface area contributed by atoms with Crippen molar-refractivity contribution in [1.29, 1.82) is 0 Å². The summed E-state index contributed by atoms with van der Waals surface area (Å²) in [5.74, 6) is -0.0567. The van der Waals surface area contributed by atoms with Crippen molar-refractivity contribution in [3.05, 3.63) is 24.0 Å². The summed E-state index contributed by atoms with van der Waals surface area (Å²) in [6.07, 6.45) is 3.06. The van der Waals surface area contributed by atoms with Crippen LogP contribution in [-0.4, -0.2) is 60.1 Å². The van der Waals surface area contributed by atoms with E-state index in [2.05, 4.69) is 4.98 Å². The molecule has 0 aliphatic carbocycles. The number of ether oxygens (including phenoxy) is 1. The van der Waals surface area contributed by atoms with Crippen LogP contribution in [-0.2, 0) is 4.74 Å². The number of hydrogen-bond donors (Lipinski definition) is 1. The first kappa shape index (κ1) is 11.5. The van der Waals surface area contributed by atoms with Crippen LogP contribution in [0.4, 0.5) is 4.79 Å². The molecule has 2 heterocycles. The van der Waals surface area contributed by atoms with Gasteiger partial charge in [-0.2, -0.15) is 0 Å². The van der Waals surface area contributed by atoms with Gasteiger partial charge in [0.1, 0.15) is 6.61 Å². The Balaban J connectivity index is 1.83. The fraction of sp³-hybridized carbons (Fsp3) is 0.455. The molecule has 6 heteroatoms. The van der Waals surface area contributed by atoms with E-state index >= 15 is 0 Å². The highest BCUT2D eigenvalue weighted by Crippen LogP contribution is 2.05. The number of likely N-dealkylation sites (N-methyl/N-ethyl adjacent to an activating group) is 1. The van der Waals surface area contributed by atoms with E-state index in [0.29, 0.717) is 31.8 Å². The molecule has 6 nitrogen and oxygen atoms in total. The molecule has 1 saturated heterocycles. The Morgan fingerprint density at radius 1 is 1.65 bits per heavy atom. The molecule has 2 amide bonds. The zero-order valence-corrected chi connectivity index (χ0v) is 9.68. The zero-order valence-electron chi connectivity index (χ0n) is 9.68. The Bertz CT molecular complexity index is 402. The number of aromatic amines is 1. The van der Waals surface area contributed by atoms with Crippen molar-refractivity contribution in [2.45, 2.75) is 0 Å². The average Bonchev–Trinajstić information content (AvgIpc) is 2.96. The summed E-state index contributed by atoms with van der Waals surface area (Å²) in [5.41, 5.74) is 0.622. The minimum Gasteiger partial charge on any atom is -0.448 e. The van der Waals surface area contributed by atoms with E-state index in [1.807, 2.05) is 0 Å². The Hall–Kier alpha value is -1.98. The molecule has 0 saturated carbocycles. The van der Waals surface area contributed by atoms with Crippen molar-refractivity contribution in [2.24, 2.45) is 0 Å². The highest BCUT2D eigenvalue weighted by Gasteiger charge is 2.22. The number of hydrogen-bond acceptors (Lipinski definition) is 3. The Labute approximate surface area is 99.1 Å². The fourth-order valence-electron chi connectivity index (χ4n) is 1.68. The molecule has 1 aliphatic heterocycles. The number of rotatable bonds is 4. The number of amides is 2. The first-order valence-corrected chi connectivity index (χ1v) is 5.48. The maximum atomic E-state index is 11.9. The summed E-state index contributed by atoms with van der Waals surface area (Å²) in [7, 11) is 1.72. The Morgan fingerprint density at radius 3 is 3.06 bits per heavy atom. The molecule has 2 rings (SSSR count). The van der Waals surface area contributed by atoms with Crippen LogP contribution < -0.4 is 0 Å². The van der Waals surface area contributed by atoms with Gasteiger partial charge in [0.15, 0.2) is 0 Å². The van der Waals surface area contributed by atoms with Gasteiger partial charge in [0.25, 0.3) is 5.91 Å². The van der Waals surface area contributed by atoms with Crippen LogP contribution >= 0.6 is 0 Å². The first-order chi connectivity index (χ1) is 8.18. The molecule has 0 aromatic carbocycles. The molecular weight excluding hydrogens is 222 g/mol. The lowest BCUT2D eigenvalue weighted by molar-refractivity contribution is 0.0782. The maximum absolute atomic E-state index is 11.9. The van der Waals surface area contributed by atoms with E-state index in [1.165, 1.54) is 0 Å². The van der Waals surface area contributed by atoms with Gasteiger partial charge in [0, 0.05) is 32.5 Å². The van der Waals surface area contributed by atoms with Crippen LogP contribution in [0.3, 0.4) is 0 Å². The van der Waals surface area contributed by atoms with Crippen LogP contribution in [0.1, 0.15) is 10.4 Å². The summed E-state index contributed by atoms with van der Waals surface area (Å²) < 4.78 is 4.81. The Morgan fingerprint density at radius 2 is 2.47 bits per heavy atom. The third-order valence-corrected chi connectivity index (χ3v) is 2.74. The zero-order chi connectivity index (χ0) is 12.3. The van der Waals surface area contributed by atoms with Crippen molar-refractivity contribution < 1.29 is 14.3 Å². The number of nitrogens with zero attached hydrogens (tertiary/aromatic N) is 2. The second kappa shape index (κ2) is 4.90. The molecule has 1 aromatic rings.